The Balaban J connectivity index is 1.96. The molecule has 0 unspecified atom stereocenters. The van der Waals surface area contributed by atoms with Crippen LogP contribution < -0.4 is 0 Å². The molecule has 18 heavy (non-hydrogen) atoms. The molecule has 1 saturated carbocycles. The summed E-state index contributed by atoms with van der Waals surface area (Å²) in [4.78, 5) is 0. The third kappa shape index (κ3) is 1.83. The topological polar surface area (TPSA) is 20.2 Å². The van der Waals surface area contributed by atoms with Gasteiger partial charge in [-0.1, -0.05) is 48.6 Å². The van der Waals surface area contributed by atoms with Crippen molar-refractivity contribution < 1.29 is 5.11 Å². The quantitative estimate of drug-likeness (QED) is 0.782. The van der Waals surface area contributed by atoms with Crippen molar-refractivity contribution in [2.75, 3.05) is 0 Å². The maximum Gasteiger partial charge on any atom is 0.0755 e. The molecule has 0 aromatic heterocycles. The predicted molar refractivity (Wildman–Crippen MR) is 74.3 cm³/mol. The number of fused-ring (bicyclic) bond motifs is 1. The molecule has 94 valence electrons. The number of rotatable bonds is 2. The van der Waals surface area contributed by atoms with Gasteiger partial charge in [0.25, 0.3) is 0 Å². The summed E-state index contributed by atoms with van der Waals surface area (Å²) in [5.74, 6) is 1.12. The predicted octanol–water partition coefficient (Wildman–Crippen LogP) is 3.67. The molecule has 1 aromatic rings. The van der Waals surface area contributed by atoms with Gasteiger partial charge < -0.3 is 5.11 Å². The molecule has 0 heterocycles. The molecule has 0 spiro atoms. The van der Waals surface area contributed by atoms with Crippen LogP contribution in [0.5, 0.6) is 0 Å². The lowest BCUT2D eigenvalue weighted by molar-refractivity contribution is -0.0395. The Morgan fingerprint density at radius 1 is 1.28 bits per heavy atom. The largest absolute Gasteiger partial charge is 0.389 e. The van der Waals surface area contributed by atoms with Crippen molar-refractivity contribution >= 4 is 0 Å². The summed E-state index contributed by atoms with van der Waals surface area (Å²) in [5.41, 5.74) is 0.802. The highest BCUT2D eigenvalue weighted by Crippen LogP contribution is 2.51. The van der Waals surface area contributed by atoms with E-state index in [1.165, 1.54) is 5.56 Å². The number of benzene rings is 1. The number of hydrogen-bond acceptors (Lipinski definition) is 1. The average molecular weight is 240 g/mol. The zero-order valence-corrected chi connectivity index (χ0v) is 10.6. The van der Waals surface area contributed by atoms with Crippen LogP contribution in [-0.4, -0.2) is 10.7 Å². The Hall–Kier alpha value is -1.34. The van der Waals surface area contributed by atoms with Crippen molar-refractivity contribution in [1.82, 2.24) is 0 Å². The van der Waals surface area contributed by atoms with Gasteiger partial charge in [0.2, 0.25) is 0 Å². The van der Waals surface area contributed by atoms with Crippen molar-refractivity contribution in [3.63, 3.8) is 0 Å². The fourth-order valence-corrected chi connectivity index (χ4v) is 3.70. The second-order valence-electron chi connectivity index (χ2n) is 5.71. The highest BCUT2D eigenvalue weighted by atomic mass is 16.3. The minimum atomic E-state index is -0.544. The summed E-state index contributed by atoms with van der Waals surface area (Å²) in [5, 5.41) is 10.8. The molecule has 1 heteroatoms. The van der Waals surface area contributed by atoms with Crippen molar-refractivity contribution in [3.8, 4) is 0 Å². The molecule has 2 aliphatic carbocycles. The normalized spacial score (nSPS) is 38.4. The third-order valence-corrected chi connectivity index (χ3v) is 4.60. The SMILES string of the molecule is C=C[C@H]1C[C@@H](c2ccccc2)[C@H]2C=CC[C@@]2(O)C1. The van der Waals surface area contributed by atoms with Crippen molar-refractivity contribution in [2.45, 2.75) is 30.8 Å². The first-order valence-corrected chi connectivity index (χ1v) is 6.79. The molecule has 0 radical (unpaired) electrons. The lowest BCUT2D eigenvalue weighted by atomic mass is 9.64. The van der Waals surface area contributed by atoms with E-state index in [1.807, 2.05) is 12.1 Å². The fraction of sp³-hybridized carbons (Fsp3) is 0.412. The van der Waals surface area contributed by atoms with Gasteiger partial charge in [-0.3, -0.25) is 0 Å². The van der Waals surface area contributed by atoms with E-state index in [1.54, 1.807) is 0 Å². The summed E-state index contributed by atoms with van der Waals surface area (Å²) in [6, 6.07) is 10.6. The van der Waals surface area contributed by atoms with Gasteiger partial charge in [-0.05, 0) is 36.7 Å². The van der Waals surface area contributed by atoms with E-state index in [0.29, 0.717) is 11.8 Å². The number of aliphatic hydroxyl groups is 1. The summed E-state index contributed by atoms with van der Waals surface area (Å²) in [7, 11) is 0. The molecule has 1 N–H and O–H groups in total. The Labute approximate surface area is 109 Å². The van der Waals surface area contributed by atoms with Crippen LogP contribution in [0.3, 0.4) is 0 Å². The first-order chi connectivity index (χ1) is 8.73. The average Bonchev–Trinajstić information content (AvgIpc) is 2.80. The van der Waals surface area contributed by atoms with Gasteiger partial charge in [-0.25, -0.2) is 0 Å². The molecule has 0 amide bonds. The van der Waals surface area contributed by atoms with Crippen molar-refractivity contribution in [1.29, 1.82) is 0 Å². The van der Waals surface area contributed by atoms with Crippen LogP contribution in [0.2, 0.25) is 0 Å². The molecule has 1 nitrogen and oxygen atoms in total. The van der Waals surface area contributed by atoms with Gasteiger partial charge in [-0.15, -0.1) is 6.58 Å². The van der Waals surface area contributed by atoms with E-state index in [-0.39, 0.29) is 5.92 Å². The number of hydrogen-bond donors (Lipinski definition) is 1. The van der Waals surface area contributed by atoms with Gasteiger partial charge in [-0.2, -0.15) is 0 Å². The maximum atomic E-state index is 10.8. The van der Waals surface area contributed by atoms with E-state index in [2.05, 4.69) is 43.0 Å². The molecule has 0 saturated heterocycles. The van der Waals surface area contributed by atoms with Gasteiger partial charge in [0.1, 0.15) is 0 Å². The van der Waals surface area contributed by atoms with Gasteiger partial charge in [0, 0.05) is 5.92 Å². The Morgan fingerprint density at radius 3 is 2.78 bits per heavy atom. The lowest BCUT2D eigenvalue weighted by Crippen LogP contribution is -2.43. The highest BCUT2D eigenvalue weighted by Gasteiger charge is 2.47. The first-order valence-electron chi connectivity index (χ1n) is 6.79. The number of allylic oxidation sites excluding steroid dienone is 1. The van der Waals surface area contributed by atoms with Gasteiger partial charge >= 0.3 is 0 Å². The molecule has 3 rings (SSSR count). The molecule has 0 bridgehead atoms. The van der Waals surface area contributed by atoms with Crippen LogP contribution in [0.1, 0.15) is 30.7 Å². The second-order valence-corrected chi connectivity index (χ2v) is 5.71. The molecule has 4 atom stereocenters. The summed E-state index contributed by atoms with van der Waals surface area (Å²) in [6.45, 7) is 3.93. The van der Waals surface area contributed by atoms with Crippen LogP contribution in [0.4, 0.5) is 0 Å². The molecular weight excluding hydrogens is 220 g/mol. The Kier molecular flexibility index (Phi) is 2.87. The Bertz CT molecular complexity index is 462. The van der Waals surface area contributed by atoms with Crippen molar-refractivity contribution in [2.24, 2.45) is 11.8 Å². The van der Waals surface area contributed by atoms with E-state index < -0.39 is 5.60 Å². The molecule has 1 aromatic carbocycles. The van der Waals surface area contributed by atoms with E-state index in [4.69, 9.17) is 0 Å². The van der Waals surface area contributed by atoms with Crippen LogP contribution in [0, 0.1) is 11.8 Å². The Morgan fingerprint density at radius 2 is 2.06 bits per heavy atom. The third-order valence-electron chi connectivity index (χ3n) is 4.60. The molecule has 0 aliphatic heterocycles. The minimum Gasteiger partial charge on any atom is -0.389 e. The molecule has 1 fully saturated rings. The molecule has 2 aliphatic rings. The second kappa shape index (κ2) is 4.40. The van der Waals surface area contributed by atoms with Gasteiger partial charge in [0.05, 0.1) is 5.60 Å². The van der Waals surface area contributed by atoms with Gasteiger partial charge in [0.15, 0.2) is 0 Å². The van der Waals surface area contributed by atoms with Crippen LogP contribution in [0.25, 0.3) is 0 Å². The smallest absolute Gasteiger partial charge is 0.0755 e. The van der Waals surface area contributed by atoms with Crippen LogP contribution in [-0.2, 0) is 0 Å². The summed E-state index contributed by atoms with van der Waals surface area (Å²) < 4.78 is 0. The van der Waals surface area contributed by atoms with E-state index in [0.717, 1.165) is 19.3 Å². The molecular formula is C17H20O. The van der Waals surface area contributed by atoms with Crippen LogP contribution in [0.15, 0.2) is 55.1 Å². The summed E-state index contributed by atoms with van der Waals surface area (Å²) in [6.07, 6.45) is 9.14. The maximum absolute atomic E-state index is 10.8. The lowest BCUT2D eigenvalue weighted by Gasteiger charge is -2.43. The monoisotopic (exact) mass is 240 g/mol. The van der Waals surface area contributed by atoms with E-state index >= 15 is 0 Å². The standard InChI is InChI=1S/C17H20O/c1-2-13-11-15(14-7-4-3-5-8-14)16-9-6-10-17(16,18)12-13/h2-9,13,15-16,18H,1,10-12H2/t13-,15-,16+,17+/m0/s1. The summed E-state index contributed by atoms with van der Waals surface area (Å²) >= 11 is 0. The minimum absolute atomic E-state index is 0.274. The fourth-order valence-electron chi connectivity index (χ4n) is 3.70. The van der Waals surface area contributed by atoms with E-state index in [9.17, 15) is 5.11 Å². The zero-order valence-electron chi connectivity index (χ0n) is 10.6. The zero-order chi connectivity index (χ0) is 12.6. The van der Waals surface area contributed by atoms with Crippen molar-refractivity contribution in [3.05, 3.63) is 60.7 Å². The highest BCUT2D eigenvalue weighted by molar-refractivity contribution is 5.28. The van der Waals surface area contributed by atoms with Crippen LogP contribution >= 0.6 is 0 Å². The first kappa shape index (κ1) is 11.7.